The normalized spacial score (nSPS) is 10.7. The zero-order valence-corrected chi connectivity index (χ0v) is 12.2. The first kappa shape index (κ1) is 13.6. The zero-order valence-electron chi connectivity index (χ0n) is 12.2. The van der Waals surface area contributed by atoms with E-state index in [1.165, 1.54) is 16.7 Å². The van der Waals surface area contributed by atoms with Crippen LogP contribution in [0.2, 0.25) is 0 Å². The van der Waals surface area contributed by atoms with E-state index in [0.29, 0.717) is 0 Å². The molecule has 0 saturated carbocycles. The van der Waals surface area contributed by atoms with Gasteiger partial charge in [-0.05, 0) is 30.2 Å². The van der Waals surface area contributed by atoms with Crippen LogP contribution in [0.3, 0.4) is 0 Å². The summed E-state index contributed by atoms with van der Waals surface area (Å²) in [7, 11) is 0. The van der Waals surface area contributed by atoms with Crippen molar-refractivity contribution in [1.29, 1.82) is 0 Å². The molecule has 21 heavy (non-hydrogen) atoms. The van der Waals surface area contributed by atoms with Crippen molar-refractivity contribution in [1.82, 2.24) is 15.1 Å². The van der Waals surface area contributed by atoms with E-state index in [-0.39, 0.29) is 0 Å². The number of aryl methyl sites for hydroxylation is 1. The Morgan fingerprint density at radius 3 is 2.71 bits per heavy atom. The lowest BCUT2D eigenvalue weighted by Gasteiger charge is -2.11. The fourth-order valence-electron chi connectivity index (χ4n) is 2.46. The molecular weight excluding hydrogens is 258 g/mol. The number of nitrogens with one attached hydrogen (secondary N) is 1. The van der Waals surface area contributed by atoms with Gasteiger partial charge in [0.15, 0.2) is 0 Å². The molecule has 0 bridgehead atoms. The fraction of sp³-hybridized carbons (Fsp3) is 0.167. The molecule has 1 heterocycles. The largest absolute Gasteiger partial charge is 0.309 e. The van der Waals surface area contributed by atoms with Gasteiger partial charge in [0, 0.05) is 25.5 Å². The molecule has 0 radical (unpaired) electrons. The predicted octanol–water partition coefficient (Wildman–Crippen LogP) is 3.47. The lowest BCUT2D eigenvalue weighted by Crippen LogP contribution is -2.14. The fourth-order valence-corrected chi connectivity index (χ4v) is 2.46. The van der Waals surface area contributed by atoms with Crippen molar-refractivity contribution in [2.24, 2.45) is 0 Å². The summed E-state index contributed by atoms with van der Waals surface area (Å²) in [5.41, 5.74) is 4.98. The molecule has 0 amide bonds. The summed E-state index contributed by atoms with van der Waals surface area (Å²) in [5, 5.41) is 7.82. The molecule has 3 heteroatoms. The minimum atomic E-state index is 0.823. The van der Waals surface area contributed by atoms with Crippen molar-refractivity contribution in [2.45, 2.75) is 20.0 Å². The first-order valence-corrected chi connectivity index (χ1v) is 7.17. The van der Waals surface area contributed by atoms with E-state index in [9.17, 15) is 0 Å². The molecule has 106 valence electrons. The summed E-state index contributed by atoms with van der Waals surface area (Å²) < 4.78 is 1.91. The van der Waals surface area contributed by atoms with Gasteiger partial charge in [0.05, 0.1) is 5.69 Å². The van der Waals surface area contributed by atoms with E-state index in [4.69, 9.17) is 0 Å². The Bertz CT molecular complexity index is 702. The summed E-state index contributed by atoms with van der Waals surface area (Å²) >= 11 is 0. The van der Waals surface area contributed by atoms with Crippen LogP contribution in [0.25, 0.3) is 5.69 Å². The Labute approximate surface area is 125 Å². The molecule has 3 rings (SSSR count). The van der Waals surface area contributed by atoms with E-state index in [2.05, 4.69) is 59.8 Å². The summed E-state index contributed by atoms with van der Waals surface area (Å²) in [6, 6.07) is 18.9. The van der Waals surface area contributed by atoms with Crippen LogP contribution >= 0.6 is 0 Å². The average molecular weight is 277 g/mol. The predicted molar refractivity (Wildman–Crippen MR) is 85.3 cm³/mol. The van der Waals surface area contributed by atoms with E-state index in [1.54, 1.807) is 6.20 Å². The molecule has 3 nitrogen and oxygen atoms in total. The van der Waals surface area contributed by atoms with Crippen molar-refractivity contribution in [3.05, 3.63) is 83.7 Å². The van der Waals surface area contributed by atoms with Gasteiger partial charge in [0.25, 0.3) is 0 Å². The Balaban J connectivity index is 1.69. The molecule has 0 aliphatic heterocycles. The second kappa shape index (κ2) is 6.37. The van der Waals surface area contributed by atoms with Gasteiger partial charge in [-0.3, -0.25) is 0 Å². The Kier molecular flexibility index (Phi) is 4.12. The van der Waals surface area contributed by atoms with E-state index in [1.807, 2.05) is 23.0 Å². The van der Waals surface area contributed by atoms with Crippen LogP contribution in [0.5, 0.6) is 0 Å². The minimum Gasteiger partial charge on any atom is -0.309 e. The lowest BCUT2D eigenvalue weighted by atomic mass is 10.1. The average Bonchev–Trinajstić information content (AvgIpc) is 3.02. The SMILES string of the molecule is Cc1cccc(CNCc2ccccc2-n2cccn2)c1. The zero-order chi connectivity index (χ0) is 14.5. The van der Waals surface area contributed by atoms with Gasteiger partial charge in [-0.15, -0.1) is 0 Å². The van der Waals surface area contributed by atoms with E-state index in [0.717, 1.165) is 18.8 Å². The lowest BCUT2D eigenvalue weighted by molar-refractivity contribution is 0.686. The molecule has 0 fully saturated rings. The molecule has 0 aliphatic rings. The van der Waals surface area contributed by atoms with E-state index >= 15 is 0 Å². The molecule has 2 aromatic carbocycles. The van der Waals surface area contributed by atoms with Gasteiger partial charge in [0.1, 0.15) is 0 Å². The maximum absolute atomic E-state index is 4.31. The van der Waals surface area contributed by atoms with Crippen molar-refractivity contribution >= 4 is 0 Å². The number of nitrogens with zero attached hydrogens (tertiary/aromatic N) is 2. The highest BCUT2D eigenvalue weighted by Gasteiger charge is 2.03. The topological polar surface area (TPSA) is 29.9 Å². The maximum atomic E-state index is 4.31. The Morgan fingerprint density at radius 1 is 1.00 bits per heavy atom. The number of rotatable bonds is 5. The van der Waals surface area contributed by atoms with Crippen LogP contribution in [0.4, 0.5) is 0 Å². The molecule has 1 aromatic heterocycles. The number of aromatic nitrogens is 2. The number of benzene rings is 2. The molecular formula is C18H19N3. The third-order valence-electron chi connectivity index (χ3n) is 3.47. The molecule has 0 aliphatic carbocycles. The van der Waals surface area contributed by atoms with E-state index < -0.39 is 0 Å². The van der Waals surface area contributed by atoms with Crippen molar-refractivity contribution in [3.63, 3.8) is 0 Å². The van der Waals surface area contributed by atoms with Crippen molar-refractivity contribution in [2.75, 3.05) is 0 Å². The van der Waals surface area contributed by atoms with Gasteiger partial charge in [-0.2, -0.15) is 5.10 Å². The third kappa shape index (κ3) is 3.38. The van der Waals surface area contributed by atoms with Crippen LogP contribution < -0.4 is 5.32 Å². The molecule has 0 unspecified atom stereocenters. The quantitative estimate of drug-likeness (QED) is 0.774. The first-order valence-electron chi connectivity index (χ1n) is 7.17. The van der Waals surface area contributed by atoms with Crippen LogP contribution in [-0.2, 0) is 13.1 Å². The minimum absolute atomic E-state index is 0.823. The van der Waals surface area contributed by atoms with Crippen LogP contribution in [0.1, 0.15) is 16.7 Å². The first-order chi connectivity index (χ1) is 10.3. The number of hydrogen-bond donors (Lipinski definition) is 1. The van der Waals surface area contributed by atoms with Crippen molar-refractivity contribution < 1.29 is 0 Å². The monoisotopic (exact) mass is 277 g/mol. The summed E-state index contributed by atoms with van der Waals surface area (Å²) in [6.07, 6.45) is 3.77. The second-order valence-electron chi connectivity index (χ2n) is 5.17. The number of hydrogen-bond acceptors (Lipinski definition) is 2. The van der Waals surface area contributed by atoms with Gasteiger partial charge >= 0.3 is 0 Å². The molecule has 3 aromatic rings. The molecule has 1 N–H and O–H groups in total. The van der Waals surface area contributed by atoms with Gasteiger partial charge in [-0.1, -0.05) is 48.0 Å². The van der Waals surface area contributed by atoms with Crippen LogP contribution in [-0.4, -0.2) is 9.78 Å². The Morgan fingerprint density at radius 2 is 1.90 bits per heavy atom. The molecule has 0 atom stereocenters. The van der Waals surface area contributed by atoms with Crippen LogP contribution in [0, 0.1) is 6.92 Å². The second-order valence-corrected chi connectivity index (χ2v) is 5.17. The summed E-state index contributed by atoms with van der Waals surface area (Å²) in [5.74, 6) is 0. The smallest absolute Gasteiger partial charge is 0.0690 e. The third-order valence-corrected chi connectivity index (χ3v) is 3.47. The highest BCUT2D eigenvalue weighted by molar-refractivity contribution is 5.40. The molecule has 0 saturated heterocycles. The van der Waals surface area contributed by atoms with Gasteiger partial charge < -0.3 is 5.32 Å². The highest BCUT2D eigenvalue weighted by atomic mass is 15.3. The molecule has 0 spiro atoms. The van der Waals surface area contributed by atoms with Crippen LogP contribution in [0.15, 0.2) is 67.0 Å². The number of para-hydroxylation sites is 1. The van der Waals surface area contributed by atoms with Crippen molar-refractivity contribution in [3.8, 4) is 5.69 Å². The van der Waals surface area contributed by atoms with Gasteiger partial charge in [0.2, 0.25) is 0 Å². The summed E-state index contributed by atoms with van der Waals surface area (Å²) in [4.78, 5) is 0. The maximum Gasteiger partial charge on any atom is 0.0690 e. The summed E-state index contributed by atoms with van der Waals surface area (Å²) in [6.45, 7) is 3.82. The standard InChI is InChI=1S/C18H19N3/c1-15-6-4-7-16(12-15)13-19-14-17-8-2-3-9-18(17)21-11-5-10-20-21/h2-12,19H,13-14H2,1H3. The van der Waals surface area contributed by atoms with Gasteiger partial charge in [-0.25, -0.2) is 4.68 Å². The Hall–Kier alpha value is -2.39. The highest BCUT2D eigenvalue weighted by Crippen LogP contribution is 2.13.